The van der Waals surface area contributed by atoms with Crippen molar-refractivity contribution in [3.63, 3.8) is 0 Å². The Morgan fingerprint density at radius 2 is 1.68 bits per heavy atom. The van der Waals surface area contributed by atoms with Gasteiger partial charge in [-0.3, -0.25) is 4.90 Å². The van der Waals surface area contributed by atoms with Crippen LogP contribution in [0.25, 0.3) is 0 Å². The maximum Gasteiger partial charge on any atom is 0.410 e. The normalized spacial score (nSPS) is 19.1. The molecule has 2 atom stereocenters. The molecule has 1 amide bonds. The highest BCUT2D eigenvalue weighted by molar-refractivity contribution is 5.81. The number of hydrogen-bond acceptors (Lipinski definition) is 5. The Morgan fingerprint density at radius 3 is 2.32 bits per heavy atom. The number of hydrogen-bond donors (Lipinski definition) is 1. The average Bonchev–Trinajstić information content (AvgIpc) is 2.76. The lowest BCUT2D eigenvalue weighted by molar-refractivity contribution is -0.148. The van der Waals surface area contributed by atoms with Crippen LogP contribution in [-0.4, -0.2) is 42.7 Å². The smallest absolute Gasteiger partial charge is 0.410 e. The summed E-state index contributed by atoms with van der Waals surface area (Å²) >= 11 is 0. The summed E-state index contributed by atoms with van der Waals surface area (Å²) < 4.78 is 10.3. The molecule has 0 spiro atoms. The molecule has 1 aliphatic heterocycles. The molecule has 1 fully saturated rings. The van der Waals surface area contributed by atoms with Crippen LogP contribution in [0.2, 0.25) is 0 Å². The molecule has 1 aliphatic rings. The number of rotatable bonds is 6. The SMILES string of the molecule is COC(=O)[C@@H]1C[C@@H](NCc2ccccc2)CCN1C(=O)OCc1ccccc1. The number of nitrogens with zero attached hydrogens (tertiary/aromatic N) is 1. The van der Waals surface area contributed by atoms with E-state index in [1.165, 1.54) is 17.6 Å². The Kier molecular flexibility index (Phi) is 7.03. The van der Waals surface area contributed by atoms with Crippen molar-refractivity contribution in [1.82, 2.24) is 10.2 Å². The second kappa shape index (κ2) is 9.90. The van der Waals surface area contributed by atoms with E-state index in [0.717, 1.165) is 18.5 Å². The molecule has 1 saturated heterocycles. The van der Waals surface area contributed by atoms with Gasteiger partial charge in [-0.1, -0.05) is 60.7 Å². The van der Waals surface area contributed by atoms with Crippen LogP contribution in [-0.2, 0) is 27.4 Å². The van der Waals surface area contributed by atoms with Crippen LogP contribution in [0.4, 0.5) is 4.79 Å². The summed E-state index contributed by atoms with van der Waals surface area (Å²) in [6.07, 6.45) is 0.765. The predicted octanol–water partition coefficient (Wildman–Crippen LogP) is 3.12. The number of benzene rings is 2. The number of nitrogens with one attached hydrogen (secondary N) is 1. The van der Waals surface area contributed by atoms with Gasteiger partial charge in [0.25, 0.3) is 0 Å². The zero-order valence-corrected chi connectivity index (χ0v) is 16.0. The monoisotopic (exact) mass is 382 g/mol. The minimum atomic E-state index is -0.643. The van der Waals surface area contributed by atoms with Gasteiger partial charge in [-0.2, -0.15) is 0 Å². The average molecular weight is 382 g/mol. The molecule has 1 heterocycles. The molecular formula is C22H26N2O4. The molecule has 0 radical (unpaired) electrons. The fourth-order valence-electron chi connectivity index (χ4n) is 3.39. The highest BCUT2D eigenvalue weighted by Crippen LogP contribution is 2.21. The van der Waals surface area contributed by atoms with Crippen LogP contribution in [0.1, 0.15) is 24.0 Å². The summed E-state index contributed by atoms with van der Waals surface area (Å²) in [5, 5.41) is 3.48. The summed E-state index contributed by atoms with van der Waals surface area (Å²) in [6.45, 7) is 1.34. The topological polar surface area (TPSA) is 67.9 Å². The van der Waals surface area contributed by atoms with Gasteiger partial charge in [-0.25, -0.2) is 9.59 Å². The number of ether oxygens (including phenoxy) is 2. The minimum Gasteiger partial charge on any atom is -0.467 e. The van der Waals surface area contributed by atoms with Crippen molar-refractivity contribution in [2.45, 2.75) is 38.1 Å². The lowest BCUT2D eigenvalue weighted by atomic mass is 9.97. The largest absolute Gasteiger partial charge is 0.467 e. The van der Waals surface area contributed by atoms with Gasteiger partial charge >= 0.3 is 12.1 Å². The number of piperidine rings is 1. The maximum absolute atomic E-state index is 12.6. The molecule has 2 aromatic rings. The van der Waals surface area contributed by atoms with Gasteiger partial charge in [-0.15, -0.1) is 0 Å². The lowest BCUT2D eigenvalue weighted by Crippen LogP contribution is -2.54. The Morgan fingerprint density at radius 1 is 1.04 bits per heavy atom. The van der Waals surface area contributed by atoms with Crippen molar-refractivity contribution < 1.29 is 19.1 Å². The van der Waals surface area contributed by atoms with Gasteiger partial charge in [0.1, 0.15) is 12.6 Å². The second-order valence-corrected chi connectivity index (χ2v) is 6.86. The molecule has 0 aliphatic carbocycles. The zero-order chi connectivity index (χ0) is 19.8. The highest BCUT2D eigenvalue weighted by atomic mass is 16.6. The van der Waals surface area contributed by atoms with E-state index >= 15 is 0 Å². The van der Waals surface area contributed by atoms with E-state index in [-0.39, 0.29) is 12.6 Å². The quantitative estimate of drug-likeness (QED) is 0.778. The minimum absolute atomic E-state index is 0.127. The van der Waals surface area contributed by atoms with Crippen LogP contribution in [0.15, 0.2) is 60.7 Å². The van der Waals surface area contributed by atoms with Crippen LogP contribution in [0.3, 0.4) is 0 Å². The van der Waals surface area contributed by atoms with Gasteiger partial charge < -0.3 is 14.8 Å². The van der Waals surface area contributed by atoms with Crippen molar-refractivity contribution in [2.24, 2.45) is 0 Å². The van der Waals surface area contributed by atoms with Gasteiger partial charge in [0.15, 0.2) is 0 Å². The Bertz CT molecular complexity index is 767. The first-order valence-corrected chi connectivity index (χ1v) is 9.50. The predicted molar refractivity (Wildman–Crippen MR) is 105 cm³/mol. The fraction of sp³-hybridized carbons (Fsp3) is 0.364. The lowest BCUT2D eigenvalue weighted by Gasteiger charge is -2.37. The van der Waals surface area contributed by atoms with Crippen LogP contribution >= 0.6 is 0 Å². The summed E-state index contributed by atoms with van der Waals surface area (Å²) in [5.41, 5.74) is 2.09. The third kappa shape index (κ3) is 5.33. The van der Waals surface area contributed by atoms with Crippen molar-refractivity contribution >= 4 is 12.1 Å². The Labute approximate surface area is 165 Å². The van der Waals surface area contributed by atoms with E-state index in [9.17, 15) is 9.59 Å². The molecule has 0 unspecified atom stereocenters. The van der Waals surface area contributed by atoms with Gasteiger partial charge in [0.05, 0.1) is 7.11 Å². The van der Waals surface area contributed by atoms with Crippen molar-refractivity contribution in [3.05, 3.63) is 71.8 Å². The number of esters is 1. The molecular weight excluding hydrogens is 356 g/mol. The van der Waals surface area contributed by atoms with Crippen LogP contribution < -0.4 is 5.32 Å². The summed E-state index contributed by atoms with van der Waals surface area (Å²) in [7, 11) is 1.34. The van der Waals surface area contributed by atoms with Crippen LogP contribution in [0, 0.1) is 0 Å². The number of likely N-dealkylation sites (tertiary alicyclic amines) is 1. The summed E-state index contributed by atoms with van der Waals surface area (Å²) in [6, 6.07) is 19.1. The summed E-state index contributed by atoms with van der Waals surface area (Å²) in [4.78, 5) is 26.3. The first-order chi connectivity index (χ1) is 13.7. The van der Waals surface area contributed by atoms with E-state index in [0.29, 0.717) is 13.0 Å². The Balaban J connectivity index is 1.57. The number of methoxy groups -OCH3 is 1. The van der Waals surface area contributed by atoms with E-state index in [2.05, 4.69) is 17.4 Å². The molecule has 0 saturated carbocycles. The van der Waals surface area contributed by atoms with E-state index < -0.39 is 18.1 Å². The first kappa shape index (κ1) is 19.9. The third-order valence-corrected chi connectivity index (χ3v) is 4.95. The zero-order valence-electron chi connectivity index (χ0n) is 16.0. The van der Waals surface area contributed by atoms with Crippen molar-refractivity contribution in [3.8, 4) is 0 Å². The van der Waals surface area contributed by atoms with Crippen molar-refractivity contribution in [2.75, 3.05) is 13.7 Å². The number of amides is 1. The van der Waals surface area contributed by atoms with E-state index in [1.807, 2.05) is 48.5 Å². The molecule has 3 rings (SSSR count). The third-order valence-electron chi connectivity index (χ3n) is 4.95. The van der Waals surface area contributed by atoms with Crippen LogP contribution in [0.5, 0.6) is 0 Å². The van der Waals surface area contributed by atoms with E-state index in [1.54, 1.807) is 0 Å². The maximum atomic E-state index is 12.6. The summed E-state index contributed by atoms with van der Waals surface area (Å²) in [5.74, 6) is -0.414. The first-order valence-electron chi connectivity index (χ1n) is 9.50. The molecule has 0 bridgehead atoms. The van der Waals surface area contributed by atoms with Gasteiger partial charge in [0, 0.05) is 19.1 Å². The second-order valence-electron chi connectivity index (χ2n) is 6.86. The van der Waals surface area contributed by atoms with E-state index in [4.69, 9.17) is 9.47 Å². The molecule has 2 aromatic carbocycles. The molecule has 28 heavy (non-hydrogen) atoms. The Hall–Kier alpha value is -2.86. The van der Waals surface area contributed by atoms with Gasteiger partial charge in [0.2, 0.25) is 0 Å². The molecule has 148 valence electrons. The molecule has 0 aromatic heterocycles. The number of carbonyl (C=O) groups is 2. The standard InChI is InChI=1S/C22H26N2O4/c1-27-21(25)20-14-19(23-15-17-8-4-2-5-9-17)12-13-24(20)22(26)28-16-18-10-6-3-7-11-18/h2-11,19-20,23H,12-16H2,1H3/t19-,20-/m0/s1. The molecule has 1 N–H and O–H groups in total. The number of carbonyl (C=O) groups excluding carboxylic acids is 2. The molecule has 6 heteroatoms. The molecule has 6 nitrogen and oxygen atoms in total. The van der Waals surface area contributed by atoms with Crippen molar-refractivity contribution in [1.29, 1.82) is 0 Å². The van der Waals surface area contributed by atoms with Gasteiger partial charge in [-0.05, 0) is 24.0 Å². The fourth-order valence-corrected chi connectivity index (χ4v) is 3.39. The highest BCUT2D eigenvalue weighted by Gasteiger charge is 2.37.